The molecule has 3 aromatic rings. The van der Waals surface area contributed by atoms with E-state index in [1.807, 2.05) is 17.0 Å². The van der Waals surface area contributed by atoms with Crippen LogP contribution in [0.3, 0.4) is 0 Å². The average molecular weight is 465 g/mol. The zero-order chi connectivity index (χ0) is 22.8. The average Bonchev–Trinajstić information content (AvgIpc) is 3.32. The second-order valence-electron chi connectivity index (χ2n) is 7.72. The fourth-order valence-corrected chi connectivity index (χ4v) is 4.02. The number of nitrogens with one attached hydrogen (secondary N) is 1. The molecule has 0 spiro atoms. The fourth-order valence-electron chi connectivity index (χ4n) is 3.83. The summed E-state index contributed by atoms with van der Waals surface area (Å²) < 4.78 is 10.6. The van der Waals surface area contributed by atoms with Crippen molar-refractivity contribution in [3.63, 3.8) is 0 Å². The molecule has 0 saturated carbocycles. The fraction of sp³-hybridized carbons (Fsp3) is 0.208. The zero-order valence-electron chi connectivity index (χ0n) is 17.7. The number of pyridine rings is 1. The van der Waals surface area contributed by atoms with Crippen molar-refractivity contribution in [2.75, 3.05) is 43.2 Å². The van der Waals surface area contributed by atoms with Gasteiger partial charge in [-0.3, -0.25) is 9.59 Å². The van der Waals surface area contributed by atoms with E-state index in [9.17, 15) is 9.59 Å². The third kappa shape index (κ3) is 4.56. The van der Waals surface area contributed by atoms with Gasteiger partial charge in [-0.2, -0.15) is 0 Å². The number of fused-ring (bicyclic) bond motifs is 1. The van der Waals surface area contributed by atoms with Gasteiger partial charge in [0.15, 0.2) is 11.5 Å². The molecule has 0 aliphatic carbocycles. The first-order valence-electron chi connectivity index (χ1n) is 10.5. The summed E-state index contributed by atoms with van der Waals surface area (Å²) in [6.45, 7) is 2.69. The second-order valence-corrected chi connectivity index (χ2v) is 8.15. The summed E-state index contributed by atoms with van der Waals surface area (Å²) in [4.78, 5) is 33.7. The molecule has 1 fully saturated rings. The number of anilines is 2. The van der Waals surface area contributed by atoms with Gasteiger partial charge in [0, 0.05) is 42.3 Å². The number of carbonyl (C=O) groups is 2. The van der Waals surface area contributed by atoms with E-state index >= 15 is 0 Å². The van der Waals surface area contributed by atoms with Gasteiger partial charge in [0.2, 0.25) is 6.79 Å². The van der Waals surface area contributed by atoms with Crippen LogP contribution in [0, 0.1) is 0 Å². The topological polar surface area (TPSA) is 84.0 Å². The van der Waals surface area contributed by atoms with Gasteiger partial charge < -0.3 is 24.6 Å². The van der Waals surface area contributed by atoms with E-state index in [1.165, 1.54) is 0 Å². The van der Waals surface area contributed by atoms with Crippen LogP contribution in [0.15, 0.2) is 60.8 Å². The number of benzene rings is 2. The summed E-state index contributed by atoms with van der Waals surface area (Å²) in [5, 5.41) is 3.39. The Hall–Kier alpha value is -3.78. The molecule has 1 aromatic heterocycles. The predicted octanol–water partition coefficient (Wildman–Crippen LogP) is 3.68. The standard InChI is InChI=1S/C24H21ClN4O4/c25-18-3-1-2-17(12-18)24(31)29-10-8-28(9-11-29)22-7-5-19(14-26-22)27-23(30)16-4-6-20-21(13-16)33-15-32-20/h1-7,12-14H,8-11,15H2,(H,27,30). The molecule has 1 N–H and O–H groups in total. The van der Waals surface area contributed by atoms with Crippen molar-refractivity contribution >= 4 is 34.9 Å². The molecule has 5 rings (SSSR count). The van der Waals surface area contributed by atoms with E-state index < -0.39 is 0 Å². The molecule has 2 aliphatic heterocycles. The highest BCUT2D eigenvalue weighted by Gasteiger charge is 2.23. The molecule has 2 amide bonds. The lowest BCUT2D eigenvalue weighted by Gasteiger charge is -2.35. The van der Waals surface area contributed by atoms with Crippen LogP contribution in [0.4, 0.5) is 11.5 Å². The molecule has 9 heteroatoms. The molecule has 0 radical (unpaired) electrons. The number of amides is 2. The molecule has 1 saturated heterocycles. The Morgan fingerprint density at radius 3 is 2.48 bits per heavy atom. The molecule has 8 nitrogen and oxygen atoms in total. The van der Waals surface area contributed by atoms with Crippen molar-refractivity contribution in [3.8, 4) is 11.5 Å². The van der Waals surface area contributed by atoms with Crippen LogP contribution in [-0.2, 0) is 0 Å². The minimum absolute atomic E-state index is 0.0216. The molecule has 0 atom stereocenters. The number of aromatic nitrogens is 1. The van der Waals surface area contributed by atoms with Gasteiger partial charge in [0.25, 0.3) is 11.8 Å². The summed E-state index contributed by atoms with van der Waals surface area (Å²) in [6, 6.07) is 15.7. The van der Waals surface area contributed by atoms with Crippen molar-refractivity contribution in [2.24, 2.45) is 0 Å². The number of hydrogen-bond acceptors (Lipinski definition) is 6. The summed E-state index contributed by atoms with van der Waals surface area (Å²) in [6.07, 6.45) is 1.63. The predicted molar refractivity (Wildman–Crippen MR) is 124 cm³/mol. The highest BCUT2D eigenvalue weighted by molar-refractivity contribution is 6.30. The van der Waals surface area contributed by atoms with Gasteiger partial charge in [0.1, 0.15) is 5.82 Å². The number of carbonyl (C=O) groups excluding carboxylic acids is 2. The molecule has 0 unspecified atom stereocenters. The maximum Gasteiger partial charge on any atom is 0.255 e. The Kier molecular flexibility index (Phi) is 5.75. The van der Waals surface area contributed by atoms with Crippen LogP contribution in [0.25, 0.3) is 0 Å². The molecule has 3 heterocycles. The largest absolute Gasteiger partial charge is 0.454 e. The first kappa shape index (κ1) is 21.1. The van der Waals surface area contributed by atoms with E-state index in [4.69, 9.17) is 21.1 Å². The van der Waals surface area contributed by atoms with Gasteiger partial charge in [-0.15, -0.1) is 0 Å². The molecular weight excluding hydrogens is 444 g/mol. The van der Waals surface area contributed by atoms with Gasteiger partial charge in [-0.1, -0.05) is 17.7 Å². The normalized spacial score (nSPS) is 14.8. The van der Waals surface area contributed by atoms with E-state index in [-0.39, 0.29) is 18.6 Å². The number of hydrogen-bond donors (Lipinski definition) is 1. The zero-order valence-corrected chi connectivity index (χ0v) is 18.4. The molecule has 2 aromatic carbocycles. The molecule has 0 bridgehead atoms. The SMILES string of the molecule is O=C(Nc1ccc(N2CCN(C(=O)c3cccc(Cl)c3)CC2)nc1)c1ccc2c(c1)OCO2. The van der Waals surface area contributed by atoms with Crippen molar-refractivity contribution in [1.82, 2.24) is 9.88 Å². The van der Waals surface area contributed by atoms with Crippen LogP contribution in [0.5, 0.6) is 11.5 Å². The monoisotopic (exact) mass is 464 g/mol. The maximum absolute atomic E-state index is 12.7. The lowest BCUT2D eigenvalue weighted by atomic mass is 10.2. The number of nitrogens with zero attached hydrogens (tertiary/aromatic N) is 3. The van der Waals surface area contributed by atoms with Gasteiger partial charge in [0.05, 0.1) is 11.9 Å². The maximum atomic E-state index is 12.7. The minimum Gasteiger partial charge on any atom is -0.454 e. The van der Waals surface area contributed by atoms with E-state index in [1.54, 1.807) is 48.7 Å². The highest BCUT2D eigenvalue weighted by atomic mass is 35.5. The number of halogens is 1. The number of ether oxygens (including phenoxy) is 2. The third-order valence-electron chi connectivity index (χ3n) is 5.60. The van der Waals surface area contributed by atoms with Gasteiger partial charge in [-0.05, 0) is 48.5 Å². The Labute approximate surface area is 195 Å². The summed E-state index contributed by atoms with van der Waals surface area (Å²) in [7, 11) is 0. The van der Waals surface area contributed by atoms with Crippen molar-refractivity contribution in [2.45, 2.75) is 0 Å². The second kappa shape index (κ2) is 8.99. The minimum atomic E-state index is -0.254. The lowest BCUT2D eigenvalue weighted by Crippen LogP contribution is -2.49. The van der Waals surface area contributed by atoms with Crippen LogP contribution < -0.4 is 19.7 Å². The molecular formula is C24H21ClN4O4. The molecule has 168 valence electrons. The van der Waals surface area contributed by atoms with Crippen LogP contribution in [-0.4, -0.2) is 54.7 Å². The number of piperazine rings is 1. The van der Waals surface area contributed by atoms with Crippen LogP contribution in [0.2, 0.25) is 5.02 Å². The first-order chi connectivity index (χ1) is 16.1. The summed E-state index contributed by atoms with van der Waals surface area (Å²) in [5.74, 6) is 1.71. The third-order valence-corrected chi connectivity index (χ3v) is 5.84. The lowest BCUT2D eigenvalue weighted by molar-refractivity contribution is 0.0746. The Balaban J connectivity index is 1.17. The van der Waals surface area contributed by atoms with Gasteiger partial charge >= 0.3 is 0 Å². The van der Waals surface area contributed by atoms with Crippen molar-refractivity contribution in [3.05, 3.63) is 76.9 Å². The van der Waals surface area contributed by atoms with Crippen molar-refractivity contribution < 1.29 is 19.1 Å². The Bertz CT molecular complexity index is 1190. The summed E-state index contributed by atoms with van der Waals surface area (Å²) >= 11 is 6.01. The van der Waals surface area contributed by atoms with E-state index in [0.717, 1.165) is 5.82 Å². The number of rotatable bonds is 4. The quantitative estimate of drug-likeness (QED) is 0.634. The van der Waals surface area contributed by atoms with Gasteiger partial charge in [-0.25, -0.2) is 4.98 Å². The smallest absolute Gasteiger partial charge is 0.255 e. The summed E-state index contributed by atoms with van der Waals surface area (Å²) in [5.41, 5.74) is 1.66. The molecule has 2 aliphatic rings. The Morgan fingerprint density at radius 2 is 1.73 bits per heavy atom. The highest BCUT2D eigenvalue weighted by Crippen LogP contribution is 2.32. The Morgan fingerprint density at radius 1 is 0.909 bits per heavy atom. The first-order valence-corrected chi connectivity index (χ1v) is 10.9. The molecule has 33 heavy (non-hydrogen) atoms. The van der Waals surface area contributed by atoms with Crippen LogP contribution in [0.1, 0.15) is 20.7 Å². The van der Waals surface area contributed by atoms with Crippen molar-refractivity contribution in [1.29, 1.82) is 0 Å². The van der Waals surface area contributed by atoms with E-state index in [0.29, 0.717) is 59.5 Å². The van der Waals surface area contributed by atoms with E-state index in [2.05, 4.69) is 15.2 Å². The van der Waals surface area contributed by atoms with Crippen LogP contribution >= 0.6 is 11.6 Å².